The van der Waals surface area contributed by atoms with Crippen molar-refractivity contribution in [2.45, 2.75) is 32.1 Å². The fourth-order valence-electron chi connectivity index (χ4n) is 1.85. The number of carbonyl (C=O) groups is 1. The summed E-state index contributed by atoms with van der Waals surface area (Å²) < 4.78 is 5.63. The third-order valence-electron chi connectivity index (χ3n) is 3.45. The Bertz CT molecular complexity index is 453. The molecule has 0 aromatic heterocycles. The molecular formula is C15H23ClN2O3. The molecule has 0 saturated carbocycles. The summed E-state index contributed by atoms with van der Waals surface area (Å²) in [4.78, 5) is 12.8. The summed E-state index contributed by atoms with van der Waals surface area (Å²) in [6.45, 7) is 4.11. The van der Waals surface area contributed by atoms with Gasteiger partial charge in [0.1, 0.15) is 0 Å². The van der Waals surface area contributed by atoms with Gasteiger partial charge in [-0.05, 0) is 38.6 Å². The number of rotatable bonds is 8. The number of hydrogen-bond donors (Lipinski definition) is 2. The van der Waals surface area contributed by atoms with Crippen LogP contribution in [0.5, 0.6) is 0 Å². The molecule has 2 unspecified atom stereocenters. The Hall–Kier alpha value is -1.14. The summed E-state index contributed by atoms with van der Waals surface area (Å²) in [5.41, 5.74) is 6.21. The van der Waals surface area contributed by atoms with E-state index in [0.717, 1.165) is 5.56 Å². The molecule has 0 spiro atoms. The lowest BCUT2D eigenvalue weighted by molar-refractivity contribution is -0.122. The molecule has 0 aliphatic rings. The van der Waals surface area contributed by atoms with Gasteiger partial charge in [-0.3, -0.25) is 9.69 Å². The molecule has 118 valence electrons. The Morgan fingerprint density at radius 1 is 1.38 bits per heavy atom. The van der Waals surface area contributed by atoms with E-state index < -0.39 is 18.1 Å². The Morgan fingerprint density at radius 2 is 1.95 bits per heavy atom. The van der Waals surface area contributed by atoms with Crippen molar-refractivity contribution < 1.29 is 14.6 Å². The third-order valence-corrected chi connectivity index (χ3v) is 3.70. The van der Waals surface area contributed by atoms with Crippen molar-refractivity contribution in [3.63, 3.8) is 0 Å². The highest BCUT2D eigenvalue weighted by Gasteiger charge is 2.18. The van der Waals surface area contributed by atoms with Crippen molar-refractivity contribution in [1.29, 1.82) is 0 Å². The summed E-state index contributed by atoms with van der Waals surface area (Å²) in [5, 5.41) is 10.6. The Morgan fingerprint density at radius 3 is 2.48 bits per heavy atom. The quantitative estimate of drug-likeness (QED) is 0.764. The zero-order valence-corrected chi connectivity index (χ0v) is 13.4. The SMILES string of the molecule is CC(OCC(O)CN(C)[C@H](C)C(N)=O)c1ccc(Cl)cc1. The van der Waals surface area contributed by atoms with Crippen LogP contribution in [0.25, 0.3) is 0 Å². The number of halogens is 1. The number of nitrogens with zero attached hydrogens (tertiary/aromatic N) is 1. The van der Waals surface area contributed by atoms with Crippen molar-refractivity contribution in [2.75, 3.05) is 20.2 Å². The molecule has 1 aromatic rings. The average Bonchev–Trinajstić information content (AvgIpc) is 2.44. The van der Waals surface area contributed by atoms with Crippen molar-refractivity contribution in [1.82, 2.24) is 4.90 Å². The van der Waals surface area contributed by atoms with Gasteiger partial charge in [0, 0.05) is 11.6 Å². The van der Waals surface area contributed by atoms with Crippen LogP contribution in [0.1, 0.15) is 25.5 Å². The molecule has 3 atom stereocenters. The predicted octanol–water partition coefficient (Wildman–Crippen LogP) is 1.58. The third kappa shape index (κ3) is 6.01. The van der Waals surface area contributed by atoms with Crippen LogP contribution in [-0.4, -0.2) is 48.3 Å². The molecule has 6 heteroatoms. The van der Waals surface area contributed by atoms with Crippen LogP contribution in [0.3, 0.4) is 0 Å². The summed E-state index contributed by atoms with van der Waals surface area (Å²) >= 11 is 5.83. The fourth-order valence-corrected chi connectivity index (χ4v) is 1.97. The molecule has 0 aliphatic heterocycles. The maximum atomic E-state index is 11.1. The normalized spacial score (nSPS) is 15.7. The van der Waals surface area contributed by atoms with Crippen molar-refractivity contribution >= 4 is 17.5 Å². The molecular weight excluding hydrogens is 292 g/mol. The minimum absolute atomic E-state index is 0.143. The number of carbonyl (C=O) groups excluding carboxylic acids is 1. The van der Waals surface area contributed by atoms with E-state index in [1.54, 1.807) is 31.0 Å². The van der Waals surface area contributed by atoms with E-state index in [9.17, 15) is 9.90 Å². The summed E-state index contributed by atoms with van der Waals surface area (Å²) in [7, 11) is 1.74. The number of ether oxygens (including phenoxy) is 1. The summed E-state index contributed by atoms with van der Waals surface area (Å²) in [6.07, 6.45) is -0.831. The topological polar surface area (TPSA) is 75.8 Å². The highest BCUT2D eigenvalue weighted by atomic mass is 35.5. The Labute approximate surface area is 130 Å². The molecule has 3 N–H and O–H groups in total. The molecule has 0 bridgehead atoms. The number of hydrogen-bond acceptors (Lipinski definition) is 4. The number of amides is 1. The van der Waals surface area contributed by atoms with Crippen molar-refractivity contribution in [2.24, 2.45) is 5.73 Å². The molecule has 1 amide bonds. The van der Waals surface area contributed by atoms with Crippen LogP contribution in [0.2, 0.25) is 5.02 Å². The first-order chi connectivity index (χ1) is 9.81. The van der Waals surface area contributed by atoms with E-state index in [1.165, 1.54) is 0 Å². The van der Waals surface area contributed by atoms with E-state index >= 15 is 0 Å². The van der Waals surface area contributed by atoms with Gasteiger partial charge in [-0.15, -0.1) is 0 Å². The smallest absolute Gasteiger partial charge is 0.234 e. The summed E-state index contributed by atoms with van der Waals surface area (Å²) in [6, 6.07) is 6.96. The van der Waals surface area contributed by atoms with Crippen LogP contribution in [0.4, 0.5) is 0 Å². The van der Waals surface area contributed by atoms with Crippen LogP contribution >= 0.6 is 11.6 Å². The molecule has 0 saturated heterocycles. The highest BCUT2D eigenvalue weighted by molar-refractivity contribution is 6.30. The van der Waals surface area contributed by atoms with E-state index in [4.69, 9.17) is 22.1 Å². The van der Waals surface area contributed by atoms with E-state index in [0.29, 0.717) is 11.6 Å². The second-order valence-electron chi connectivity index (χ2n) is 5.20. The van der Waals surface area contributed by atoms with Gasteiger partial charge in [-0.25, -0.2) is 0 Å². The lowest BCUT2D eigenvalue weighted by Crippen LogP contribution is -2.44. The molecule has 1 aromatic carbocycles. The number of benzene rings is 1. The predicted molar refractivity (Wildman–Crippen MR) is 83.1 cm³/mol. The second-order valence-corrected chi connectivity index (χ2v) is 5.64. The van der Waals surface area contributed by atoms with Gasteiger partial charge in [0.2, 0.25) is 5.91 Å². The fraction of sp³-hybridized carbons (Fsp3) is 0.533. The molecule has 0 heterocycles. The lowest BCUT2D eigenvalue weighted by atomic mass is 10.1. The molecule has 21 heavy (non-hydrogen) atoms. The maximum Gasteiger partial charge on any atom is 0.234 e. The zero-order valence-electron chi connectivity index (χ0n) is 12.6. The molecule has 5 nitrogen and oxygen atoms in total. The van der Waals surface area contributed by atoms with Gasteiger partial charge in [-0.2, -0.15) is 0 Å². The number of aliphatic hydroxyl groups is 1. The van der Waals surface area contributed by atoms with E-state index in [1.807, 2.05) is 19.1 Å². The highest BCUT2D eigenvalue weighted by Crippen LogP contribution is 2.19. The van der Waals surface area contributed by atoms with Gasteiger partial charge in [-0.1, -0.05) is 23.7 Å². The van der Waals surface area contributed by atoms with Gasteiger partial charge >= 0.3 is 0 Å². The number of aliphatic hydroxyl groups excluding tert-OH is 1. The number of nitrogens with two attached hydrogens (primary N) is 1. The van der Waals surface area contributed by atoms with Crippen LogP contribution in [0.15, 0.2) is 24.3 Å². The van der Waals surface area contributed by atoms with Crippen LogP contribution < -0.4 is 5.73 Å². The van der Waals surface area contributed by atoms with Gasteiger partial charge in [0.05, 0.1) is 24.9 Å². The van der Waals surface area contributed by atoms with Crippen molar-refractivity contribution in [3.05, 3.63) is 34.9 Å². The molecule has 1 rings (SSSR count). The number of likely N-dealkylation sites (N-methyl/N-ethyl adjacent to an activating group) is 1. The maximum absolute atomic E-state index is 11.1. The van der Waals surface area contributed by atoms with Gasteiger partial charge < -0.3 is 15.6 Å². The molecule has 0 fully saturated rings. The minimum Gasteiger partial charge on any atom is -0.389 e. The first kappa shape index (κ1) is 17.9. The van der Waals surface area contributed by atoms with E-state index in [-0.39, 0.29) is 12.7 Å². The van der Waals surface area contributed by atoms with Gasteiger partial charge in [0.25, 0.3) is 0 Å². The standard InChI is InChI=1S/C15H23ClN2O3/c1-10(15(17)20)18(3)8-14(19)9-21-11(2)12-4-6-13(16)7-5-12/h4-7,10-11,14,19H,8-9H2,1-3H3,(H2,17,20)/t10-,11?,14?/m1/s1. The lowest BCUT2D eigenvalue weighted by Gasteiger charge is -2.25. The Kier molecular flexibility index (Phi) is 7.11. The minimum atomic E-state index is -0.688. The first-order valence-electron chi connectivity index (χ1n) is 6.86. The monoisotopic (exact) mass is 314 g/mol. The first-order valence-corrected chi connectivity index (χ1v) is 7.23. The average molecular weight is 315 g/mol. The van der Waals surface area contributed by atoms with Crippen LogP contribution in [-0.2, 0) is 9.53 Å². The molecule has 0 aliphatic carbocycles. The second kappa shape index (κ2) is 8.34. The molecule has 0 radical (unpaired) electrons. The number of primary amides is 1. The summed E-state index contributed by atoms with van der Waals surface area (Å²) in [5.74, 6) is -0.417. The zero-order chi connectivity index (χ0) is 16.0. The largest absolute Gasteiger partial charge is 0.389 e. The van der Waals surface area contributed by atoms with Gasteiger partial charge in [0.15, 0.2) is 0 Å². The Balaban J connectivity index is 2.40. The van der Waals surface area contributed by atoms with Crippen molar-refractivity contribution in [3.8, 4) is 0 Å². The van der Waals surface area contributed by atoms with E-state index in [2.05, 4.69) is 0 Å². The van der Waals surface area contributed by atoms with Crippen LogP contribution in [0, 0.1) is 0 Å².